The van der Waals surface area contributed by atoms with Crippen LogP contribution in [0, 0.1) is 11.8 Å². The lowest BCUT2D eigenvalue weighted by Crippen LogP contribution is -2.27. The lowest BCUT2D eigenvalue weighted by Gasteiger charge is -2.16. The van der Waals surface area contributed by atoms with Crippen molar-refractivity contribution >= 4 is 17.7 Å². The van der Waals surface area contributed by atoms with Gasteiger partial charge in [-0.15, -0.1) is 0 Å². The van der Waals surface area contributed by atoms with Crippen molar-refractivity contribution in [3.05, 3.63) is 24.3 Å². The second kappa shape index (κ2) is 16.6. The third-order valence-electron chi connectivity index (χ3n) is 5.67. The number of aliphatic hydroxyl groups excluding tert-OH is 3. The summed E-state index contributed by atoms with van der Waals surface area (Å²) >= 11 is 0. The summed E-state index contributed by atoms with van der Waals surface area (Å²) in [7, 11) is 0. The summed E-state index contributed by atoms with van der Waals surface area (Å²) in [6.07, 6.45) is 10.9. The van der Waals surface area contributed by atoms with E-state index in [1.165, 1.54) is 6.92 Å². The molecule has 0 saturated heterocycles. The van der Waals surface area contributed by atoms with Gasteiger partial charge in [-0.3, -0.25) is 14.4 Å². The normalized spacial score (nSPS) is 22.7. The zero-order chi connectivity index (χ0) is 24.6. The number of Topliss-reactive ketones (excluding diaryl/α,β-unsaturated/α-hetero) is 1. The molecule has 1 rings (SSSR count). The Labute approximate surface area is 196 Å². The molecule has 1 fully saturated rings. The van der Waals surface area contributed by atoms with Crippen LogP contribution in [0.5, 0.6) is 0 Å². The van der Waals surface area contributed by atoms with Gasteiger partial charge in [-0.2, -0.15) is 0 Å². The minimum Gasteiger partial charge on any atom is -0.462 e. The number of aliphatic hydroxyl groups is 3. The van der Waals surface area contributed by atoms with Crippen LogP contribution in [0.1, 0.15) is 71.6 Å². The highest BCUT2D eigenvalue weighted by atomic mass is 16.6. The van der Waals surface area contributed by atoms with E-state index in [-0.39, 0.29) is 37.1 Å². The number of hydrogen-bond acceptors (Lipinski definition) is 8. The molecular weight excluding hydrogens is 428 g/mol. The molecule has 5 atom stereocenters. The molecule has 8 heteroatoms. The third-order valence-corrected chi connectivity index (χ3v) is 5.67. The maximum Gasteiger partial charge on any atom is 0.305 e. The van der Waals surface area contributed by atoms with Crippen molar-refractivity contribution in [2.75, 3.05) is 13.2 Å². The van der Waals surface area contributed by atoms with E-state index in [1.807, 2.05) is 12.2 Å². The topological polar surface area (TPSA) is 130 Å². The summed E-state index contributed by atoms with van der Waals surface area (Å²) in [5.41, 5.74) is 0. The fourth-order valence-electron chi connectivity index (χ4n) is 3.83. The summed E-state index contributed by atoms with van der Waals surface area (Å²) in [6, 6.07) is 0. The predicted molar refractivity (Wildman–Crippen MR) is 123 cm³/mol. The monoisotopic (exact) mass is 468 g/mol. The quantitative estimate of drug-likeness (QED) is 0.179. The second-order valence-corrected chi connectivity index (χ2v) is 8.57. The van der Waals surface area contributed by atoms with E-state index in [4.69, 9.17) is 14.6 Å². The van der Waals surface area contributed by atoms with Crippen LogP contribution >= 0.6 is 0 Å². The fraction of sp³-hybridized carbons (Fsp3) is 0.720. The molecule has 0 bridgehead atoms. The molecule has 33 heavy (non-hydrogen) atoms. The molecule has 0 amide bonds. The molecule has 8 nitrogen and oxygen atoms in total. The number of ketones is 1. The van der Waals surface area contributed by atoms with Crippen molar-refractivity contribution in [2.45, 2.75) is 89.9 Å². The Morgan fingerprint density at radius 1 is 1.21 bits per heavy atom. The zero-order valence-corrected chi connectivity index (χ0v) is 19.9. The van der Waals surface area contributed by atoms with E-state index in [9.17, 15) is 24.6 Å². The summed E-state index contributed by atoms with van der Waals surface area (Å²) in [5.74, 6) is -1.57. The van der Waals surface area contributed by atoms with Crippen LogP contribution in [0.3, 0.4) is 0 Å². The Kier molecular flexibility index (Phi) is 14.6. The van der Waals surface area contributed by atoms with E-state index in [1.54, 1.807) is 12.2 Å². The molecule has 0 aromatic heterocycles. The van der Waals surface area contributed by atoms with Crippen LogP contribution in [-0.2, 0) is 23.9 Å². The van der Waals surface area contributed by atoms with E-state index < -0.39 is 36.9 Å². The number of carbonyl (C=O) groups is 3. The first-order valence-corrected chi connectivity index (χ1v) is 11.9. The smallest absolute Gasteiger partial charge is 0.305 e. The molecule has 0 unspecified atom stereocenters. The third kappa shape index (κ3) is 12.1. The lowest BCUT2D eigenvalue weighted by atomic mass is 9.90. The maximum atomic E-state index is 12.3. The van der Waals surface area contributed by atoms with E-state index in [2.05, 4.69) is 6.92 Å². The number of ether oxygens (including phenoxy) is 2. The van der Waals surface area contributed by atoms with Crippen molar-refractivity contribution in [1.82, 2.24) is 0 Å². The number of carbonyl (C=O) groups excluding carboxylic acids is 3. The van der Waals surface area contributed by atoms with Crippen molar-refractivity contribution in [2.24, 2.45) is 11.8 Å². The first-order valence-electron chi connectivity index (χ1n) is 11.9. The Morgan fingerprint density at radius 3 is 2.64 bits per heavy atom. The van der Waals surface area contributed by atoms with Gasteiger partial charge in [0.05, 0.1) is 18.8 Å². The molecule has 0 aromatic rings. The molecule has 1 aliphatic rings. The van der Waals surface area contributed by atoms with Gasteiger partial charge < -0.3 is 24.8 Å². The fourth-order valence-corrected chi connectivity index (χ4v) is 3.83. The van der Waals surface area contributed by atoms with Crippen LogP contribution in [0.4, 0.5) is 0 Å². The van der Waals surface area contributed by atoms with Gasteiger partial charge in [-0.1, -0.05) is 50.5 Å². The SMILES string of the molecule is CCCCC[C@H](O)/C=C/[C@H]1[C@H](O)CC(=O)[C@@H]1C/C=C\CCCC(=O)OC[C@H](CO)OC(C)=O. The standard InChI is InChI=1S/C25H40O8/c1-3-4-7-10-19(28)13-14-22-21(23(29)15-24(22)30)11-8-5-6-9-12-25(31)32-17-20(16-26)33-18(2)27/h5,8,13-14,19-22,24,26,28,30H,3-4,6-7,9-12,15-17H2,1-2H3/b8-5-,14-13+/t19-,20-,21+,22+,24+/m0/s1. The molecule has 3 N–H and O–H groups in total. The highest BCUT2D eigenvalue weighted by Crippen LogP contribution is 2.33. The van der Waals surface area contributed by atoms with E-state index >= 15 is 0 Å². The molecule has 0 heterocycles. The molecule has 188 valence electrons. The van der Waals surface area contributed by atoms with Gasteiger partial charge in [-0.25, -0.2) is 0 Å². The van der Waals surface area contributed by atoms with Gasteiger partial charge in [0.1, 0.15) is 12.4 Å². The van der Waals surface area contributed by atoms with Gasteiger partial charge in [-0.05, 0) is 25.7 Å². The largest absolute Gasteiger partial charge is 0.462 e. The summed E-state index contributed by atoms with van der Waals surface area (Å²) < 4.78 is 9.79. The Morgan fingerprint density at radius 2 is 1.97 bits per heavy atom. The molecule has 1 saturated carbocycles. The van der Waals surface area contributed by atoms with Gasteiger partial charge in [0, 0.05) is 31.6 Å². The van der Waals surface area contributed by atoms with Gasteiger partial charge in [0.2, 0.25) is 0 Å². The summed E-state index contributed by atoms with van der Waals surface area (Å²) in [4.78, 5) is 34.9. The van der Waals surface area contributed by atoms with E-state index in [0.717, 1.165) is 19.3 Å². The van der Waals surface area contributed by atoms with Crippen LogP contribution in [0.2, 0.25) is 0 Å². The minimum absolute atomic E-state index is 0.0251. The van der Waals surface area contributed by atoms with Gasteiger partial charge in [0.15, 0.2) is 6.10 Å². The van der Waals surface area contributed by atoms with Crippen molar-refractivity contribution in [3.8, 4) is 0 Å². The molecule has 0 radical (unpaired) electrons. The second-order valence-electron chi connectivity index (χ2n) is 8.57. The Balaban J connectivity index is 2.36. The number of unbranched alkanes of at least 4 members (excludes halogenated alkanes) is 3. The molecule has 1 aliphatic carbocycles. The molecule has 0 spiro atoms. The predicted octanol–water partition coefficient (Wildman–Crippen LogP) is 2.63. The van der Waals surface area contributed by atoms with Gasteiger partial charge in [0.25, 0.3) is 0 Å². The number of hydrogen-bond donors (Lipinski definition) is 3. The first kappa shape index (κ1) is 29.0. The Bertz CT molecular complexity index is 657. The maximum absolute atomic E-state index is 12.3. The Hall–Kier alpha value is -2.03. The van der Waals surface area contributed by atoms with Crippen LogP contribution < -0.4 is 0 Å². The molecule has 0 aromatic carbocycles. The highest BCUT2D eigenvalue weighted by molar-refractivity contribution is 5.84. The summed E-state index contributed by atoms with van der Waals surface area (Å²) in [5, 5.41) is 29.4. The highest BCUT2D eigenvalue weighted by Gasteiger charge is 2.39. The average molecular weight is 469 g/mol. The number of esters is 2. The van der Waals surface area contributed by atoms with Crippen LogP contribution in [-0.4, -0.2) is 64.6 Å². The van der Waals surface area contributed by atoms with Crippen molar-refractivity contribution in [1.29, 1.82) is 0 Å². The number of allylic oxidation sites excluding steroid dienone is 2. The average Bonchev–Trinajstić information content (AvgIpc) is 3.04. The van der Waals surface area contributed by atoms with Crippen LogP contribution in [0.25, 0.3) is 0 Å². The first-order chi connectivity index (χ1) is 15.8. The van der Waals surface area contributed by atoms with Crippen LogP contribution in [0.15, 0.2) is 24.3 Å². The van der Waals surface area contributed by atoms with Gasteiger partial charge >= 0.3 is 11.9 Å². The molecular formula is C25H40O8. The lowest BCUT2D eigenvalue weighted by molar-refractivity contribution is -0.159. The summed E-state index contributed by atoms with van der Waals surface area (Å²) in [6.45, 7) is 2.72. The van der Waals surface area contributed by atoms with E-state index in [0.29, 0.717) is 25.7 Å². The zero-order valence-electron chi connectivity index (χ0n) is 19.9. The number of rotatable bonds is 16. The minimum atomic E-state index is -0.856. The van der Waals surface area contributed by atoms with Crippen molar-refractivity contribution < 1.29 is 39.2 Å². The van der Waals surface area contributed by atoms with Crippen molar-refractivity contribution in [3.63, 3.8) is 0 Å². The molecule has 0 aliphatic heterocycles.